The van der Waals surface area contributed by atoms with Crippen molar-refractivity contribution in [3.8, 4) is 5.75 Å². The van der Waals surface area contributed by atoms with Gasteiger partial charge in [-0.25, -0.2) is 0 Å². The van der Waals surface area contributed by atoms with E-state index in [1.54, 1.807) is 24.3 Å². The fourth-order valence-corrected chi connectivity index (χ4v) is 1.35. The Morgan fingerprint density at radius 3 is 2.35 bits per heavy atom. The second-order valence-corrected chi connectivity index (χ2v) is 4.63. The van der Waals surface area contributed by atoms with Gasteiger partial charge in [-0.1, -0.05) is 13.8 Å². The van der Waals surface area contributed by atoms with Gasteiger partial charge in [0.05, 0.1) is 13.0 Å². The molecule has 1 rings (SSSR count). The molecule has 0 radical (unpaired) electrons. The average Bonchev–Trinajstić information content (AvgIpc) is 2.36. The molecule has 6 heteroatoms. The topological polar surface area (TPSA) is 75.6 Å². The van der Waals surface area contributed by atoms with Crippen LogP contribution in [0.2, 0.25) is 0 Å². The van der Waals surface area contributed by atoms with E-state index in [0.717, 1.165) is 5.75 Å². The Hall–Kier alpha value is -1.44. The van der Waals surface area contributed by atoms with Gasteiger partial charge in [-0.3, -0.25) is 9.59 Å². The molecule has 0 saturated carbocycles. The number of carbonyl (C=O) groups excluding carboxylic acids is 1. The van der Waals surface area contributed by atoms with E-state index in [1.165, 1.54) is 0 Å². The molecule has 0 fully saturated rings. The first kappa shape index (κ1) is 18.6. The fraction of sp³-hybridized carbons (Fsp3) is 0.429. The molecule has 0 aromatic heterocycles. The number of nitrogens with one attached hydrogen (secondary N) is 1. The first-order chi connectivity index (χ1) is 8.99. The van der Waals surface area contributed by atoms with E-state index in [0.29, 0.717) is 18.1 Å². The van der Waals surface area contributed by atoms with E-state index >= 15 is 0 Å². The number of carboxylic acid groups (broad SMARTS) is 1. The van der Waals surface area contributed by atoms with Crippen LogP contribution in [0.25, 0.3) is 0 Å². The Morgan fingerprint density at radius 1 is 1.25 bits per heavy atom. The van der Waals surface area contributed by atoms with Crippen molar-refractivity contribution in [1.29, 1.82) is 0 Å². The molecule has 0 aliphatic rings. The second-order valence-electron chi connectivity index (χ2n) is 4.63. The van der Waals surface area contributed by atoms with Crippen LogP contribution in [0.15, 0.2) is 24.3 Å². The Kier molecular flexibility index (Phi) is 8.78. The van der Waals surface area contributed by atoms with E-state index < -0.39 is 5.97 Å². The zero-order valence-electron chi connectivity index (χ0n) is 12.2. The SMILES string of the molecule is CC(C)COc1ccc(C(=O)NCCC(=O)O)cc1.[Li+]. The van der Waals surface area contributed by atoms with Crippen LogP contribution < -0.4 is 28.9 Å². The molecule has 0 unspecified atom stereocenters. The number of hydrogen-bond acceptors (Lipinski definition) is 3. The van der Waals surface area contributed by atoms with E-state index in [1.807, 2.05) is 0 Å². The number of benzene rings is 1. The van der Waals surface area contributed by atoms with Crippen LogP contribution in [-0.4, -0.2) is 30.1 Å². The van der Waals surface area contributed by atoms with Crippen molar-refractivity contribution in [1.82, 2.24) is 5.32 Å². The van der Waals surface area contributed by atoms with Gasteiger partial charge in [0.25, 0.3) is 5.91 Å². The quantitative estimate of drug-likeness (QED) is 0.620. The summed E-state index contributed by atoms with van der Waals surface area (Å²) in [5, 5.41) is 11.0. The molecule has 0 atom stereocenters. The maximum atomic E-state index is 11.7. The molecule has 104 valence electrons. The summed E-state index contributed by atoms with van der Waals surface area (Å²) in [7, 11) is 0. The molecule has 0 saturated heterocycles. The Bertz CT molecular complexity index is 431. The number of aliphatic carboxylic acids is 1. The number of carboxylic acids is 1. The van der Waals surface area contributed by atoms with Gasteiger partial charge in [-0.05, 0) is 30.2 Å². The predicted octanol–water partition coefficient (Wildman–Crippen LogP) is -1.07. The summed E-state index contributed by atoms with van der Waals surface area (Å²) < 4.78 is 5.51. The molecular formula is C14H19LiNO4+. The van der Waals surface area contributed by atoms with Crippen LogP contribution in [-0.2, 0) is 4.79 Å². The third-order valence-corrected chi connectivity index (χ3v) is 2.32. The second kappa shape index (κ2) is 9.46. The third-order valence-electron chi connectivity index (χ3n) is 2.32. The summed E-state index contributed by atoms with van der Waals surface area (Å²) in [4.78, 5) is 22.0. The molecule has 2 N–H and O–H groups in total. The maximum absolute atomic E-state index is 11.7. The monoisotopic (exact) mass is 272 g/mol. The summed E-state index contributed by atoms with van der Waals surface area (Å²) in [6.07, 6.45) is -0.0820. The zero-order chi connectivity index (χ0) is 14.3. The van der Waals surface area contributed by atoms with Crippen LogP contribution >= 0.6 is 0 Å². The molecule has 0 spiro atoms. The van der Waals surface area contributed by atoms with Crippen molar-refractivity contribution < 1.29 is 38.3 Å². The van der Waals surface area contributed by atoms with Gasteiger partial charge in [-0.2, -0.15) is 0 Å². The van der Waals surface area contributed by atoms with Gasteiger partial charge in [0, 0.05) is 12.1 Å². The largest absolute Gasteiger partial charge is 1.00 e. The van der Waals surface area contributed by atoms with Crippen molar-refractivity contribution in [2.75, 3.05) is 13.2 Å². The minimum absolute atomic E-state index is 0. The first-order valence-electron chi connectivity index (χ1n) is 6.22. The number of hydrogen-bond donors (Lipinski definition) is 2. The first-order valence-corrected chi connectivity index (χ1v) is 6.22. The van der Waals surface area contributed by atoms with Crippen molar-refractivity contribution in [3.05, 3.63) is 29.8 Å². The van der Waals surface area contributed by atoms with Gasteiger partial charge in [0.2, 0.25) is 0 Å². The predicted molar refractivity (Wildman–Crippen MR) is 71.4 cm³/mol. The smallest absolute Gasteiger partial charge is 0.493 e. The molecule has 1 amide bonds. The Labute approximate surface area is 130 Å². The maximum Gasteiger partial charge on any atom is 1.00 e. The number of carbonyl (C=O) groups is 2. The molecule has 5 nitrogen and oxygen atoms in total. The van der Waals surface area contributed by atoms with E-state index in [-0.39, 0.29) is 37.7 Å². The number of ether oxygens (including phenoxy) is 1. The summed E-state index contributed by atoms with van der Waals surface area (Å²) in [5.41, 5.74) is 0.488. The van der Waals surface area contributed by atoms with Crippen molar-refractivity contribution >= 4 is 11.9 Å². The van der Waals surface area contributed by atoms with E-state index in [2.05, 4.69) is 19.2 Å². The fourth-order valence-electron chi connectivity index (χ4n) is 1.35. The standard InChI is InChI=1S/C14H19NO4.Li/c1-10(2)9-19-12-5-3-11(4-6-12)14(18)15-8-7-13(16)17;/h3-6,10H,7-9H2,1-2H3,(H,15,18)(H,16,17);/q;+1. The summed E-state index contributed by atoms with van der Waals surface area (Å²) >= 11 is 0. The molecule has 20 heavy (non-hydrogen) atoms. The van der Waals surface area contributed by atoms with E-state index in [9.17, 15) is 9.59 Å². The van der Waals surface area contributed by atoms with Crippen LogP contribution in [0, 0.1) is 5.92 Å². The van der Waals surface area contributed by atoms with Crippen LogP contribution in [0.5, 0.6) is 5.75 Å². The van der Waals surface area contributed by atoms with Crippen LogP contribution in [0.4, 0.5) is 0 Å². The normalized spacial score (nSPS) is 9.75. The van der Waals surface area contributed by atoms with Gasteiger partial charge in [0.15, 0.2) is 0 Å². The van der Waals surface area contributed by atoms with Crippen LogP contribution in [0.1, 0.15) is 30.6 Å². The van der Waals surface area contributed by atoms with Gasteiger partial charge >= 0.3 is 24.8 Å². The minimum atomic E-state index is -0.933. The number of amides is 1. The summed E-state index contributed by atoms with van der Waals surface area (Å²) in [6, 6.07) is 6.78. The molecule has 0 aliphatic heterocycles. The average molecular weight is 272 g/mol. The summed E-state index contributed by atoms with van der Waals surface area (Å²) in [6.45, 7) is 4.87. The molecule has 0 heterocycles. The molecule has 0 aliphatic carbocycles. The van der Waals surface area contributed by atoms with Crippen LogP contribution in [0.3, 0.4) is 0 Å². The zero-order valence-corrected chi connectivity index (χ0v) is 12.2. The molecule has 0 bridgehead atoms. The Morgan fingerprint density at radius 2 is 1.85 bits per heavy atom. The van der Waals surface area contributed by atoms with E-state index in [4.69, 9.17) is 9.84 Å². The minimum Gasteiger partial charge on any atom is -0.493 e. The molecule has 1 aromatic carbocycles. The number of rotatable bonds is 7. The van der Waals surface area contributed by atoms with Crippen molar-refractivity contribution in [3.63, 3.8) is 0 Å². The van der Waals surface area contributed by atoms with Crippen molar-refractivity contribution in [2.24, 2.45) is 5.92 Å². The third kappa shape index (κ3) is 7.22. The van der Waals surface area contributed by atoms with Crippen molar-refractivity contribution in [2.45, 2.75) is 20.3 Å². The van der Waals surface area contributed by atoms with Gasteiger partial charge < -0.3 is 15.2 Å². The van der Waals surface area contributed by atoms with Gasteiger partial charge in [0.1, 0.15) is 5.75 Å². The summed E-state index contributed by atoms with van der Waals surface area (Å²) in [5.74, 6) is -0.0517. The Balaban J connectivity index is 0.00000361. The van der Waals surface area contributed by atoms with Gasteiger partial charge in [-0.15, -0.1) is 0 Å². The molecule has 1 aromatic rings. The molecular weight excluding hydrogens is 253 g/mol.